The largest absolute Gasteiger partial charge is 0.351 e. The zero-order valence-corrected chi connectivity index (χ0v) is 11.4. The third-order valence-corrected chi connectivity index (χ3v) is 4.14. The van der Waals surface area contributed by atoms with Crippen LogP contribution in [0.5, 0.6) is 0 Å². The van der Waals surface area contributed by atoms with Gasteiger partial charge in [-0.1, -0.05) is 18.2 Å². The molecule has 0 saturated carbocycles. The fraction of sp³-hybridized carbons (Fsp3) is 0.438. The van der Waals surface area contributed by atoms with Crippen molar-refractivity contribution in [2.75, 3.05) is 31.2 Å². The van der Waals surface area contributed by atoms with Crippen LogP contribution in [0.15, 0.2) is 36.4 Å². The monoisotopic (exact) mass is 270 g/mol. The van der Waals surface area contributed by atoms with Crippen LogP contribution in [0.2, 0.25) is 0 Å². The van der Waals surface area contributed by atoms with Gasteiger partial charge in [0.1, 0.15) is 5.82 Å². The van der Waals surface area contributed by atoms with Gasteiger partial charge in [-0.3, -0.25) is 0 Å². The van der Waals surface area contributed by atoms with Crippen molar-refractivity contribution in [3.05, 3.63) is 36.4 Å². The van der Waals surface area contributed by atoms with Crippen molar-refractivity contribution in [1.29, 1.82) is 0 Å². The van der Waals surface area contributed by atoms with Crippen LogP contribution in [0.4, 0.5) is 5.82 Å². The molecule has 4 nitrogen and oxygen atoms in total. The van der Waals surface area contributed by atoms with Crippen LogP contribution in [-0.2, 0) is 9.47 Å². The summed E-state index contributed by atoms with van der Waals surface area (Å²) >= 11 is 0. The molecule has 0 bridgehead atoms. The Morgan fingerprint density at radius 3 is 2.80 bits per heavy atom. The lowest BCUT2D eigenvalue weighted by atomic mass is 10.0. The van der Waals surface area contributed by atoms with Crippen LogP contribution in [0, 0.1) is 0 Å². The lowest BCUT2D eigenvalue weighted by Crippen LogP contribution is -2.49. The Morgan fingerprint density at radius 2 is 1.90 bits per heavy atom. The second kappa shape index (κ2) is 4.72. The zero-order chi connectivity index (χ0) is 13.4. The Balaban J connectivity index is 1.64. The van der Waals surface area contributed by atoms with Crippen molar-refractivity contribution in [2.24, 2.45) is 0 Å². The van der Waals surface area contributed by atoms with E-state index in [1.807, 2.05) is 12.1 Å². The van der Waals surface area contributed by atoms with Gasteiger partial charge in [-0.2, -0.15) is 0 Å². The van der Waals surface area contributed by atoms with E-state index in [0.29, 0.717) is 13.2 Å². The van der Waals surface area contributed by atoms with Gasteiger partial charge in [0.15, 0.2) is 5.79 Å². The molecule has 2 aromatic rings. The number of piperidine rings is 1. The number of anilines is 1. The summed E-state index contributed by atoms with van der Waals surface area (Å²) in [4.78, 5) is 7.05. The molecule has 2 fully saturated rings. The Bertz CT molecular complexity index is 623. The molecule has 1 aromatic carbocycles. The highest BCUT2D eigenvalue weighted by atomic mass is 16.7. The predicted molar refractivity (Wildman–Crippen MR) is 77.8 cm³/mol. The van der Waals surface area contributed by atoms with E-state index in [1.54, 1.807) is 0 Å². The molecular formula is C16H18N2O2. The number of hydrogen-bond donors (Lipinski definition) is 0. The van der Waals surface area contributed by atoms with E-state index in [9.17, 15) is 0 Å². The second-order valence-electron chi connectivity index (χ2n) is 5.49. The summed E-state index contributed by atoms with van der Waals surface area (Å²) in [6.07, 6.45) is 2.06. The van der Waals surface area contributed by atoms with Crippen LogP contribution < -0.4 is 4.90 Å². The first-order chi connectivity index (χ1) is 9.85. The van der Waals surface area contributed by atoms with Crippen LogP contribution in [0.1, 0.15) is 12.8 Å². The highest BCUT2D eigenvalue weighted by Crippen LogP contribution is 2.32. The normalized spacial score (nSPS) is 21.7. The minimum Gasteiger partial charge on any atom is -0.351 e. The third kappa shape index (κ3) is 2.05. The minimum absolute atomic E-state index is 0.397. The molecule has 2 aliphatic heterocycles. The summed E-state index contributed by atoms with van der Waals surface area (Å²) < 4.78 is 11.7. The number of benzene rings is 1. The van der Waals surface area contributed by atoms with E-state index in [1.165, 1.54) is 5.39 Å². The van der Waals surface area contributed by atoms with Crippen LogP contribution in [0.3, 0.4) is 0 Å². The van der Waals surface area contributed by atoms with Crippen LogP contribution in [-0.4, -0.2) is 37.1 Å². The maximum atomic E-state index is 5.83. The molecular weight excluding hydrogens is 252 g/mol. The number of nitrogens with zero attached hydrogens (tertiary/aromatic N) is 2. The van der Waals surface area contributed by atoms with Crippen molar-refractivity contribution in [3.63, 3.8) is 0 Å². The number of pyridine rings is 1. The van der Waals surface area contributed by atoms with Gasteiger partial charge in [-0.15, -0.1) is 0 Å². The average molecular weight is 270 g/mol. The van der Waals surface area contributed by atoms with Gasteiger partial charge in [0.05, 0.1) is 25.3 Å². The summed E-state index contributed by atoms with van der Waals surface area (Å²) in [5.74, 6) is 0.618. The quantitative estimate of drug-likeness (QED) is 0.797. The van der Waals surface area contributed by atoms with Gasteiger partial charge in [0, 0.05) is 18.4 Å². The Hall–Kier alpha value is -1.65. The molecule has 20 heavy (non-hydrogen) atoms. The molecule has 1 spiro atoms. The lowest BCUT2D eigenvalue weighted by molar-refractivity contribution is -0.161. The summed E-state index contributed by atoms with van der Waals surface area (Å²) in [7, 11) is 0. The molecule has 2 saturated heterocycles. The molecule has 2 aliphatic rings. The molecule has 3 heterocycles. The topological polar surface area (TPSA) is 34.6 Å². The van der Waals surface area contributed by atoms with Crippen LogP contribution >= 0.6 is 0 Å². The molecule has 104 valence electrons. The van der Waals surface area contributed by atoms with Crippen molar-refractivity contribution < 1.29 is 9.47 Å². The van der Waals surface area contributed by atoms with E-state index in [2.05, 4.69) is 29.2 Å². The summed E-state index contributed by atoms with van der Waals surface area (Å²) in [6, 6.07) is 12.4. The highest BCUT2D eigenvalue weighted by molar-refractivity contribution is 5.80. The smallest absolute Gasteiger partial charge is 0.186 e. The standard InChI is InChI=1S/C16H18N2O2/c1-2-5-14-13(4-1)6-7-15(17-14)18-9-3-8-16(12-18)19-10-11-20-16/h1-2,4-7H,3,8-12H2. The van der Waals surface area contributed by atoms with Crippen molar-refractivity contribution >= 4 is 16.7 Å². The minimum atomic E-state index is -0.397. The van der Waals surface area contributed by atoms with E-state index in [4.69, 9.17) is 14.5 Å². The Labute approximate surface area is 118 Å². The van der Waals surface area contributed by atoms with Gasteiger partial charge >= 0.3 is 0 Å². The zero-order valence-electron chi connectivity index (χ0n) is 11.4. The van der Waals surface area contributed by atoms with Crippen molar-refractivity contribution in [3.8, 4) is 0 Å². The first-order valence-electron chi connectivity index (χ1n) is 7.23. The van der Waals surface area contributed by atoms with Gasteiger partial charge in [-0.05, 0) is 24.6 Å². The molecule has 0 N–H and O–H groups in total. The predicted octanol–water partition coefficient (Wildman–Crippen LogP) is 2.58. The second-order valence-corrected chi connectivity index (χ2v) is 5.49. The van der Waals surface area contributed by atoms with Gasteiger partial charge < -0.3 is 14.4 Å². The average Bonchev–Trinajstić information content (AvgIpc) is 2.94. The lowest BCUT2D eigenvalue weighted by Gasteiger charge is -2.39. The molecule has 0 radical (unpaired) electrons. The molecule has 4 rings (SSSR count). The van der Waals surface area contributed by atoms with E-state index in [0.717, 1.165) is 37.3 Å². The van der Waals surface area contributed by atoms with E-state index >= 15 is 0 Å². The molecule has 0 atom stereocenters. The Kier molecular flexibility index (Phi) is 2.86. The molecule has 0 amide bonds. The summed E-state index contributed by atoms with van der Waals surface area (Å²) in [5, 5.41) is 1.18. The van der Waals surface area contributed by atoms with Gasteiger partial charge in [-0.25, -0.2) is 4.98 Å². The van der Waals surface area contributed by atoms with Gasteiger partial charge in [0.2, 0.25) is 0 Å². The maximum Gasteiger partial charge on any atom is 0.186 e. The molecule has 1 aromatic heterocycles. The number of ether oxygens (including phenoxy) is 2. The fourth-order valence-electron chi connectivity index (χ4n) is 3.15. The molecule has 0 aliphatic carbocycles. The number of fused-ring (bicyclic) bond motifs is 1. The Morgan fingerprint density at radius 1 is 1.05 bits per heavy atom. The first-order valence-corrected chi connectivity index (χ1v) is 7.23. The van der Waals surface area contributed by atoms with E-state index in [-0.39, 0.29) is 0 Å². The first kappa shape index (κ1) is 12.1. The van der Waals surface area contributed by atoms with E-state index < -0.39 is 5.79 Å². The number of aromatic nitrogens is 1. The SMILES string of the molecule is c1ccc2nc(N3CCCC4(C3)OCCO4)ccc2c1. The van der Waals surface area contributed by atoms with Crippen molar-refractivity contribution in [1.82, 2.24) is 4.98 Å². The number of para-hydroxylation sites is 1. The summed E-state index contributed by atoms with van der Waals surface area (Å²) in [6.45, 7) is 3.20. The summed E-state index contributed by atoms with van der Waals surface area (Å²) in [5.41, 5.74) is 1.04. The van der Waals surface area contributed by atoms with Gasteiger partial charge in [0.25, 0.3) is 0 Å². The number of rotatable bonds is 1. The molecule has 0 unspecified atom stereocenters. The van der Waals surface area contributed by atoms with Crippen molar-refractivity contribution in [2.45, 2.75) is 18.6 Å². The highest BCUT2D eigenvalue weighted by Gasteiger charge is 2.41. The third-order valence-electron chi connectivity index (χ3n) is 4.14. The maximum absolute atomic E-state index is 5.83. The fourth-order valence-corrected chi connectivity index (χ4v) is 3.15. The number of hydrogen-bond acceptors (Lipinski definition) is 4. The van der Waals surface area contributed by atoms with Crippen LogP contribution in [0.25, 0.3) is 10.9 Å². The molecule has 4 heteroatoms.